The summed E-state index contributed by atoms with van der Waals surface area (Å²) in [7, 11) is 0. The average molecular weight is 320 g/mol. The zero-order valence-corrected chi connectivity index (χ0v) is 13.3. The molecule has 1 fully saturated rings. The number of hydrogen-bond acceptors (Lipinski definition) is 6. The van der Waals surface area contributed by atoms with E-state index in [1.165, 1.54) is 24.3 Å². The number of ether oxygens (including phenoxy) is 1. The molecule has 1 aromatic rings. The third kappa shape index (κ3) is 4.28. The quantitative estimate of drug-likeness (QED) is 0.347. The molecule has 0 radical (unpaired) electrons. The highest BCUT2D eigenvalue weighted by molar-refractivity contribution is 6.43. The highest BCUT2D eigenvalue weighted by atomic mass is 16.7. The van der Waals surface area contributed by atoms with Crippen molar-refractivity contribution in [3.63, 3.8) is 0 Å². The maximum atomic E-state index is 12.1. The van der Waals surface area contributed by atoms with Gasteiger partial charge >= 0.3 is 5.97 Å². The van der Waals surface area contributed by atoms with E-state index in [0.29, 0.717) is 5.56 Å². The van der Waals surface area contributed by atoms with Gasteiger partial charge in [-0.2, -0.15) is 0 Å². The van der Waals surface area contributed by atoms with Crippen molar-refractivity contribution in [2.24, 2.45) is 5.16 Å². The van der Waals surface area contributed by atoms with Crippen LogP contribution in [0, 0.1) is 10.1 Å². The lowest BCUT2D eigenvalue weighted by molar-refractivity contribution is -0.384. The molecule has 0 spiro atoms. The molecule has 2 rings (SSSR count). The van der Waals surface area contributed by atoms with Gasteiger partial charge in [-0.05, 0) is 51.7 Å². The molecule has 124 valence electrons. The number of non-ortho nitro benzene ring substituents is 1. The number of nitro groups is 1. The van der Waals surface area contributed by atoms with E-state index < -0.39 is 10.9 Å². The zero-order chi connectivity index (χ0) is 16.9. The van der Waals surface area contributed by atoms with Crippen LogP contribution in [-0.2, 0) is 14.4 Å². The van der Waals surface area contributed by atoms with E-state index in [4.69, 9.17) is 9.57 Å². The van der Waals surface area contributed by atoms with Crippen LogP contribution in [0.5, 0.6) is 0 Å². The number of nitrogens with zero attached hydrogens (tertiary/aromatic N) is 2. The van der Waals surface area contributed by atoms with Gasteiger partial charge in [-0.3, -0.25) is 10.1 Å². The van der Waals surface area contributed by atoms with Gasteiger partial charge in [-0.15, -0.1) is 0 Å². The molecule has 0 saturated heterocycles. The van der Waals surface area contributed by atoms with E-state index in [2.05, 4.69) is 5.16 Å². The third-order valence-corrected chi connectivity index (χ3v) is 3.84. The maximum Gasteiger partial charge on any atom is 0.361 e. The summed E-state index contributed by atoms with van der Waals surface area (Å²) in [5.74, 6) is -0.608. The largest absolute Gasteiger partial charge is 0.461 e. The Kier molecular flexibility index (Phi) is 5.31. The molecule has 1 aromatic carbocycles. The fourth-order valence-electron chi connectivity index (χ4n) is 2.52. The number of carbonyl (C=O) groups is 1. The molecule has 0 amide bonds. The molecular weight excluding hydrogens is 300 g/mol. The zero-order valence-electron chi connectivity index (χ0n) is 13.3. The minimum absolute atomic E-state index is 0.0230. The number of hydrogen-bond donors (Lipinski definition) is 0. The lowest BCUT2D eigenvalue weighted by Gasteiger charge is -2.21. The van der Waals surface area contributed by atoms with Crippen LogP contribution in [0.3, 0.4) is 0 Å². The van der Waals surface area contributed by atoms with Gasteiger partial charge in [0.15, 0.2) is 5.71 Å². The van der Waals surface area contributed by atoms with E-state index in [9.17, 15) is 14.9 Å². The highest BCUT2D eigenvalue weighted by Crippen LogP contribution is 2.32. The molecule has 7 heteroatoms. The maximum absolute atomic E-state index is 12.1. The lowest BCUT2D eigenvalue weighted by atomic mass is 10.1. The predicted molar refractivity (Wildman–Crippen MR) is 84.2 cm³/mol. The van der Waals surface area contributed by atoms with Gasteiger partial charge in [-0.1, -0.05) is 5.16 Å². The van der Waals surface area contributed by atoms with Crippen LogP contribution in [0.4, 0.5) is 5.69 Å². The third-order valence-electron chi connectivity index (χ3n) is 3.84. The number of oxime groups is 1. The molecule has 0 unspecified atom stereocenters. The molecule has 0 heterocycles. The fourth-order valence-corrected chi connectivity index (χ4v) is 2.52. The first-order chi connectivity index (χ1) is 10.9. The molecule has 0 N–H and O–H groups in total. The Morgan fingerprint density at radius 1 is 1.30 bits per heavy atom. The molecule has 23 heavy (non-hydrogen) atoms. The van der Waals surface area contributed by atoms with Crippen LogP contribution < -0.4 is 0 Å². The Morgan fingerprint density at radius 2 is 1.91 bits per heavy atom. The van der Waals surface area contributed by atoms with E-state index in [-0.39, 0.29) is 23.6 Å². The first-order valence-corrected chi connectivity index (χ1v) is 7.63. The lowest BCUT2D eigenvalue weighted by Crippen LogP contribution is -2.25. The second-order valence-electron chi connectivity index (χ2n) is 5.71. The average Bonchev–Trinajstić information content (AvgIpc) is 2.95. The van der Waals surface area contributed by atoms with Crippen molar-refractivity contribution in [1.29, 1.82) is 0 Å². The van der Waals surface area contributed by atoms with Crippen molar-refractivity contribution in [3.05, 3.63) is 39.9 Å². The van der Waals surface area contributed by atoms with E-state index in [1.807, 2.05) is 6.92 Å². The highest BCUT2D eigenvalue weighted by Gasteiger charge is 2.31. The number of benzene rings is 1. The first-order valence-electron chi connectivity index (χ1n) is 7.63. The van der Waals surface area contributed by atoms with E-state index in [0.717, 1.165) is 25.7 Å². The van der Waals surface area contributed by atoms with Crippen LogP contribution >= 0.6 is 0 Å². The van der Waals surface area contributed by atoms with Crippen molar-refractivity contribution in [1.82, 2.24) is 0 Å². The van der Waals surface area contributed by atoms with Crippen LogP contribution in [0.1, 0.15) is 45.1 Å². The van der Waals surface area contributed by atoms with Gasteiger partial charge in [0.05, 0.1) is 11.5 Å². The molecule has 0 bridgehead atoms. The Bertz CT molecular complexity index is 603. The van der Waals surface area contributed by atoms with Crippen molar-refractivity contribution in [3.8, 4) is 0 Å². The minimum atomic E-state index is -0.608. The molecule has 1 aliphatic carbocycles. The van der Waals surface area contributed by atoms with Crippen LogP contribution in [0.15, 0.2) is 29.4 Å². The SMILES string of the molecule is CCOC(=O)/C(=N\OC1(C)CCCC1)c1ccc([N+](=O)[O-])cc1. The molecule has 0 aliphatic heterocycles. The van der Waals surface area contributed by atoms with Crippen molar-refractivity contribution < 1.29 is 19.3 Å². The topological polar surface area (TPSA) is 91.0 Å². The Balaban J connectivity index is 2.26. The standard InChI is InChI=1S/C16H20N2O5/c1-3-22-15(19)14(17-23-16(2)10-4-5-11-16)12-6-8-13(9-7-12)18(20)21/h6-9H,3-5,10-11H2,1-2H3/b17-14-. The molecule has 1 saturated carbocycles. The van der Waals surface area contributed by atoms with Crippen molar-refractivity contribution in [2.75, 3.05) is 6.61 Å². The van der Waals surface area contributed by atoms with Crippen molar-refractivity contribution >= 4 is 17.4 Å². The molecule has 0 atom stereocenters. The van der Waals surface area contributed by atoms with Gasteiger partial charge in [0.2, 0.25) is 0 Å². The summed E-state index contributed by atoms with van der Waals surface area (Å²) in [6, 6.07) is 5.57. The predicted octanol–water partition coefficient (Wildman–Crippen LogP) is 3.21. The summed E-state index contributed by atoms with van der Waals surface area (Å²) in [5, 5.41) is 14.7. The van der Waals surface area contributed by atoms with Crippen LogP contribution in [0.25, 0.3) is 0 Å². The summed E-state index contributed by atoms with van der Waals surface area (Å²) in [6.07, 6.45) is 3.90. The summed E-state index contributed by atoms with van der Waals surface area (Å²) >= 11 is 0. The van der Waals surface area contributed by atoms with Crippen molar-refractivity contribution in [2.45, 2.75) is 45.1 Å². The monoisotopic (exact) mass is 320 g/mol. The first kappa shape index (κ1) is 16.9. The van der Waals surface area contributed by atoms with E-state index >= 15 is 0 Å². The minimum Gasteiger partial charge on any atom is -0.461 e. The van der Waals surface area contributed by atoms with Gasteiger partial charge in [0, 0.05) is 17.7 Å². The van der Waals surface area contributed by atoms with E-state index in [1.54, 1.807) is 6.92 Å². The van der Waals surface area contributed by atoms with Gasteiger partial charge in [0.25, 0.3) is 5.69 Å². The number of nitro benzene ring substituents is 1. The summed E-state index contributed by atoms with van der Waals surface area (Å²) in [4.78, 5) is 27.9. The molecule has 0 aromatic heterocycles. The molecule has 7 nitrogen and oxygen atoms in total. The number of carbonyl (C=O) groups excluding carboxylic acids is 1. The second kappa shape index (κ2) is 7.21. The smallest absolute Gasteiger partial charge is 0.361 e. The summed E-state index contributed by atoms with van der Waals surface area (Å²) < 4.78 is 5.00. The van der Waals surface area contributed by atoms with Gasteiger partial charge in [-0.25, -0.2) is 4.79 Å². The number of rotatable bonds is 6. The Labute approximate surface area is 134 Å². The Hall–Kier alpha value is -2.44. The molecule has 1 aliphatic rings. The van der Waals surface area contributed by atoms with Crippen LogP contribution in [-0.4, -0.2) is 28.8 Å². The summed E-state index contributed by atoms with van der Waals surface area (Å²) in [6.45, 7) is 3.87. The molecular formula is C16H20N2O5. The van der Waals surface area contributed by atoms with Crippen LogP contribution in [0.2, 0.25) is 0 Å². The van der Waals surface area contributed by atoms with Gasteiger partial charge in [0.1, 0.15) is 5.60 Å². The number of esters is 1. The summed E-state index contributed by atoms with van der Waals surface area (Å²) in [5.41, 5.74) is 0.0181. The van der Waals surface area contributed by atoms with Gasteiger partial charge < -0.3 is 9.57 Å². The second-order valence-corrected chi connectivity index (χ2v) is 5.71. The fraction of sp³-hybridized carbons (Fsp3) is 0.500. The Morgan fingerprint density at radius 3 is 2.43 bits per heavy atom. The normalized spacial score (nSPS) is 16.9.